The summed E-state index contributed by atoms with van der Waals surface area (Å²) in [5.41, 5.74) is 5.92. The Labute approximate surface area is 163 Å². The van der Waals surface area contributed by atoms with Crippen molar-refractivity contribution in [2.75, 3.05) is 17.7 Å². The predicted molar refractivity (Wildman–Crippen MR) is 108 cm³/mol. The Bertz CT molecular complexity index is 1110. The molecule has 1 aromatic heterocycles. The summed E-state index contributed by atoms with van der Waals surface area (Å²) in [4.78, 5) is 40.8. The van der Waals surface area contributed by atoms with Crippen LogP contribution in [0.3, 0.4) is 0 Å². The monoisotopic (exact) mass is 428 g/mol. The van der Waals surface area contributed by atoms with E-state index >= 15 is 0 Å². The van der Waals surface area contributed by atoms with E-state index in [1.54, 1.807) is 24.3 Å². The first kappa shape index (κ1) is 18.7. The molecule has 0 atom stereocenters. The number of halogens is 1. The van der Waals surface area contributed by atoms with Gasteiger partial charge in [-0.15, -0.1) is 0 Å². The topological polar surface area (TPSA) is 101 Å². The van der Waals surface area contributed by atoms with Crippen molar-refractivity contribution in [1.29, 1.82) is 0 Å². The number of carbonyl (C=O) groups is 1. The minimum Gasteiger partial charge on any atom is -0.383 e. The summed E-state index contributed by atoms with van der Waals surface area (Å²) in [6.45, 7) is 0.175. The van der Waals surface area contributed by atoms with Gasteiger partial charge in [0.1, 0.15) is 5.82 Å². The zero-order valence-corrected chi connectivity index (χ0v) is 16.1. The van der Waals surface area contributed by atoms with Gasteiger partial charge in [-0.25, -0.2) is 4.79 Å². The van der Waals surface area contributed by atoms with Crippen LogP contribution in [0.5, 0.6) is 0 Å². The highest BCUT2D eigenvalue weighted by atomic mass is 79.9. The molecule has 27 heavy (non-hydrogen) atoms. The van der Waals surface area contributed by atoms with E-state index in [4.69, 9.17) is 5.73 Å². The van der Waals surface area contributed by atoms with Crippen molar-refractivity contribution >= 4 is 33.3 Å². The number of nitrogens with two attached hydrogens (primary N) is 1. The zero-order valence-electron chi connectivity index (χ0n) is 14.5. The van der Waals surface area contributed by atoms with Gasteiger partial charge in [0, 0.05) is 17.1 Å². The maximum absolute atomic E-state index is 12.8. The third-order valence-electron chi connectivity index (χ3n) is 4.11. The number of carbonyl (C=O) groups excluding carboxylic acids is 1. The van der Waals surface area contributed by atoms with Crippen LogP contribution >= 0.6 is 15.9 Å². The maximum atomic E-state index is 12.8. The van der Waals surface area contributed by atoms with E-state index in [0.717, 1.165) is 14.9 Å². The molecule has 3 N–H and O–H groups in total. The van der Waals surface area contributed by atoms with Gasteiger partial charge in [-0.3, -0.25) is 19.1 Å². The number of aromatic nitrogens is 2. The average Bonchev–Trinajstić information content (AvgIpc) is 2.65. The lowest BCUT2D eigenvalue weighted by molar-refractivity contribution is 0.0992. The Hall–Kier alpha value is -3.13. The first-order valence-corrected chi connectivity index (χ1v) is 8.88. The Kier molecular flexibility index (Phi) is 5.27. The number of nitrogens with one attached hydrogen (secondary N) is 1. The molecule has 0 fully saturated rings. The molecule has 1 amide bonds. The standard InChI is InChI=1S/C19H17BrN4O3/c1-23(18(26)13-8-5-9-14(20)10-13)15-16(21)24(19(27)22-17(15)25)11-12-6-3-2-4-7-12/h2-10H,11,21H2,1H3,(H,22,25,27). The molecule has 0 radical (unpaired) electrons. The zero-order chi connectivity index (χ0) is 19.6. The molecule has 0 unspecified atom stereocenters. The van der Waals surface area contributed by atoms with Gasteiger partial charge in [-0.05, 0) is 23.8 Å². The van der Waals surface area contributed by atoms with Crippen LogP contribution < -0.4 is 21.9 Å². The second-order valence-corrected chi connectivity index (χ2v) is 6.86. The van der Waals surface area contributed by atoms with E-state index in [9.17, 15) is 14.4 Å². The number of aromatic amines is 1. The van der Waals surface area contributed by atoms with E-state index < -0.39 is 17.2 Å². The molecular weight excluding hydrogens is 412 g/mol. The number of nitrogen functional groups attached to an aromatic ring is 1. The quantitative estimate of drug-likeness (QED) is 0.664. The summed E-state index contributed by atoms with van der Waals surface area (Å²) in [7, 11) is 1.45. The Morgan fingerprint density at radius 2 is 1.85 bits per heavy atom. The molecule has 0 spiro atoms. The van der Waals surface area contributed by atoms with Crippen molar-refractivity contribution in [3.8, 4) is 0 Å². The normalized spacial score (nSPS) is 10.6. The van der Waals surface area contributed by atoms with Crippen LogP contribution in [0.2, 0.25) is 0 Å². The molecule has 8 heteroatoms. The van der Waals surface area contributed by atoms with Gasteiger partial charge < -0.3 is 10.6 Å². The molecule has 3 aromatic rings. The summed E-state index contributed by atoms with van der Waals surface area (Å²) < 4.78 is 1.97. The summed E-state index contributed by atoms with van der Waals surface area (Å²) in [6, 6.07) is 16.0. The SMILES string of the molecule is CN(C(=O)c1cccc(Br)c1)c1c(N)n(Cc2ccccc2)c(=O)[nH]c1=O. The van der Waals surface area contributed by atoms with Gasteiger partial charge in [-0.1, -0.05) is 52.3 Å². The minimum absolute atomic E-state index is 0.0709. The number of benzene rings is 2. The minimum atomic E-state index is -0.715. The second-order valence-electron chi connectivity index (χ2n) is 5.94. The Balaban J connectivity index is 2.05. The molecule has 2 aromatic carbocycles. The molecule has 0 aliphatic heterocycles. The fourth-order valence-corrected chi connectivity index (χ4v) is 3.14. The number of hydrogen-bond acceptors (Lipinski definition) is 4. The summed E-state index contributed by atoms with van der Waals surface area (Å²) in [5, 5.41) is 0. The molecule has 1 heterocycles. The largest absolute Gasteiger partial charge is 0.383 e. The maximum Gasteiger partial charge on any atom is 0.330 e. The van der Waals surface area contributed by atoms with E-state index in [2.05, 4.69) is 20.9 Å². The third-order valence-corrected chi connectivity index (χ3v) is 4.60. The number of nitrogens with zero attached hydrogens (tertiary/aromatic N) is 2. The molecule has 7 nitrogen and oxygen atoms in total. The van der Waals surface area contributed by atoms with Crippen LogP contribution in [-0.2, 0) is 6.54 Å². The van der Waals surface area contributed by atoms with Crippen LogP contribution in [-0.4, -0.2) is 22.5 Å². The van der Waals surface area contributed by atoms with E-state index in [0.29, 0.717) is 5.56 Å². The fourth-order valence-electron chi connectivity index (χ4n) is 2.74. The lowest BCUT2D eigenvalue weighted by Crippen LogP contribution is -2.39. The number of H-pyrrole nitrogens is 1. The van der Waals surface area contributed by atoms with Gasteiger partial charge in [0.25, 0.3) is 11.5 Å². The summed E-state index contributed by atoms with van der Waals surface area (Å²) >= 11 is 3.31. The smallest absolute Gasteiger partial charge is 0.330 e. The van der Waals surface area contributed by atoms with Gasteiger partial charge in [0.15, 0.2) is 5.69 Å². The van der Waals surface area contributed by atoms with Gasteiger partial charge >= 0.3 is 5.69 Å². The predicted octanol–water partition coefficient (Wildman–Crippen LogP) is 2.21. The molecule has 0 aliphatic rings. The highest BCUT2D eigenvalue weighted by Gasteiger charge is 2.22. The second kappa shape index (κ2) is 7.63. The average molecular weight is 429 g/mol. The van der Waals surface area contributed by atoms with Gasteiger partial charge in [0.05, 0.1) is 6.54 Å². The lowest BCUT2D eigenvalue weighted by Gasteiger charge is -2.20. The highest BCUT2D eigenvalue weighted by molar-refractivity contribution is 9.10. The van der Waals surface area contributed by atoms with Crippen molar-refractivity contribution in [1.82, 2.24) is 9.55 Å². The van der Waals surface area contributed by atoms with E-state index in [-0.39, 0.29) is 18.1 Å². The molecule has 0 saturated heterocycles. The van der Waals surface area contributed by atoms with Crippen LogP contribution in [0.15, 0.2) is 68.7 Å². The van der Waals surface area contributed by atoms with Crippen molar-refractivity contribution in [2.24, 2.45) is 0 Å². The third kappa shape index (κ3) is 3.85. The Morgan fingerprint density at radius 1 is 1.15 bits per heavy atom. The summed E-state index contributed by atoms with van der Waals surface area (Å²) in [6.07, 6.45) is 0. The number of anilines is 2. The molecule has 138 valence electrons. The number of amides is 1. The molecule has 3 rings (SSSR count). The lowest BCUT2D eigenvalue weighted by atomic mass is 10.2. The van der Waals surface area contributed by atoms with Crippen molar-refractivity contribution < 1.29 is 4.79 Å². The van der Waals surface area contributed by atoms with Crippen molar-refractivity contribution in [3.05, 3.63) is 91.0 Å². The van der Waals surface area contributed by atoms with Gasteiger partial charge in [0.2, 0.25) is 0 Å². The first-order chi connectivity index (χ1) is 12.9. The Morgan fingerprint density at radius 3 is 2.52 bits per heavy atom. The van der Waals surface area contributed by atoms with E-state index in [1.807, 2.05) is 30.3 Å². The van der Waals surface area contributed by atoms with Crippen LogP contribution in [0.4, 0.5) is 11.5 Å². The number of rotatable bonds is 4. The van der Waals surface area contributed by atoms with Crippen molar-refractivity contribution in [3.63, 3.8) is 0 Å². The van der Waals surface area contributed by atoms with E-state index in [1.165, 1.54) is 11.6 Å². The van der Waals surface area contributed by atoms with Gasteiger partial charge in [-0.2, -0.15) is 0 Å². The fraction of sp³-hybridized carbons (Fsp3) is 0.105. The summed E-state index contributed by atoms with van der Waals surface area (Å²) in [5.74, 6) is -0.489. The number of hydrogen-bond donors (Lipinski definition) is 2. The molecule has 0 saturated carbocycles. The highest BCUT2D eigenvalue weighted by Crippen LogP contribution is 2.20. The van der Waals surface area contributed by atoms with Crippen LogP contribution in [0, 0.1) is 0 Å². The first-order valence-electron chi connectivity index (χ1n) is 8.08. The molecular formula is C19H17BrN4O3. The van der Waals surface area contributed by atoms with Crippen LogP contribution in [0.1, 0.15) is 15.9 Å². The molecule has 0 bridgehead atoms. The molecule has 0 aliphatic carbocycles. The van der Waals surface area contributed by atoms with Crippen molar-refractivity contribution in [2.45, 2.75) is 6.54 Å². The van der Waals surface area contributed by atoms with Crippen LogP contribution in [0.25, 0.3) is 0 Å².